The Kier molecular flexibility index (Phi) is 4.01. The summed E-state index contributed by atoms with van der Waals surface area (Å²) in [4.78, 5) is 12.0. The van der Waals surface area contributed by atoms with Crippen LogP contribution in [0, 0.1) is 17.1 Å². The number of halogens is 2. The molecule has 0 fully saturated rings. The lowest BCUT2D eigenvalue weighted by molar-refractivity contribution is 0.102. The molecule has 2 rings (SSSR count). The number of anilines is 2. The van der Waals surface area contributed by atoms with Crippen molar-refractivity contribution in [3.63, 3.8) is 0 Å². The summed E-state index contributed by atoms with van der Waals surface area (Å²) in [7, 11) is 0. The number of rotatable bonds is 2. The quantitative estimate of drug-likeness (QED) is 0.827. The highest BCUT2D eigenvalue weighted by atomic mass is 79.9. The first-order chi connectivity index (χ1) is 9.49. The average Bonchev–Trinajstić information content (AvgIpc) is 2.39. The molecule has 2 aromatic carbocycles. The summed E-state index contributed by atoms with van der Waals surface area (Å²) in [5, 5.41) is 11.5. The minimum Gasteiger partial charge on any atom is -0.399 e. The van der Waals surface area contributed by atoms with E-state index in [4.69, 9.17) is 11.0 Å². The van der Waals surface area contributed by atoms with Crippen molar-refractivity contribution in [2.45, 2.75) is 0 Å². The van der Waals surface area contributed by atoms with E-state index >= 15 is 0 Å². The van der Waals surface area contributed by atoms with E-state index in [1.54, 1.807) is 6.07 Å². The molecule has 0 spiro atoms. The molecule has 100 valence electrons. The standard InChI is InChI=1S/C14H9BrFN3O/c15-10-3-8(4-11(16)6-10)14(20)19-13-2-1-12(18)5-9(13)7-17/h1-6H,18H2,(H,19,20). The summed E-state index contributed by atoms with van der Waals surface area (Å²) in [5.74, 6) is -1.03. The van der Waals surface area contributed by atoms with Gasteiger partial charge in [-0.15, -0.1) is 0 Å². The maximum Gasteiger partial charge on any atom is 0.255 e. The van der Waals surface area contributed by atoms with Crippen LogP contribution >= 0.6 is 15.9 Å². The highest BCUT2D eigenvalue weighted by molar-refractivity contribution is 9.10. The monoisotopic (exact) mass is 333 g/mol. The molecule has 20 heavy (non-hydrogen) atoms. The fourth-order valence-corrected chi connectivity index (χ4v) is 2.11. The molecule has 0 bridgehead atoms. The summed E-state index contributed by atoms with van der Waals surface area (Å²) in [6.07, 6.45) is 0. The second-order valence-corrected chi connectivity index (χ2v) is 4.94. The van der Waals surface area contributed by atoms with Crippen LogP contribution in [0.3, 0.4) is 0 Å². The van der Waals surface area contributed by atoms with Crippen LogP contribution in [0.4, 0.5) is 15.8 Å². The number of carbonyl (C=O) groups excluding carboxylic acids is 1. The highest BCUT2D eigenvalue weighted by Crippen LogP contribution is 2.20. The van der Waals surface area contributed by atoms with Gasteiger partial charge in [0.15, 0.2) is 0 Å². The topological polar surface area (TPSA) is 78.9 Å². The van der Waals surface area contributed by atoms with Crippen LogP contribution in [0.25, 0.3) is 0 Å². The molecule has 0 aromatic heterocycles. The molecular formula is C14H9BrFN3O. The van der Waals surface area contributed by atoms with Gasteiger partial charge in [0.1, 0.15) is 11.9 Å². The lowest BCUT2D eigenvalue weighted by Gasteiger charge is -2.08. The summed E-state index contributed by atoms with van der Waals surface area (Å²) in [6.45, 7) is 0. The second kappa shape index (κ2) is 5.72. The van der Waals surface area contributed by atoms with Crippen molar-refractivity contribution in [1.29, 1.82) is 5.26 Å². The van der Waals surface area contributed by atoms with Gasteiger partial charge in [-0.2, -0.15) is 5.26 Å². The van der Waals surface area contributed by atoms with Crippen LogP contribution in [-0.2, 0) is 0 Å². The largest absolute Gasteiger partial charge is 0.399 e. The van der Waals surface area contributed by atoms with Crippen molar-refractivity contribution < 1.29 is 9.18 Å². The van der Waals surface area contributed by atoms with Gasteiger partial charge in [-0.1, -0.05) is 15.9 Å². The van der Waals surface area contributed by atoms with Crippen LogP contribution in [0.2, 0.25) is 0 Å². The van der Waals surface area contributed by atoms with Gasteiger partial charge in [-0.3, -0.25) is 4.79 Å². The van der Waals surface area contributed by atoms with Gasteiger partial charge in [0.25, 0.3) is 5.91 Å². The number of nitrogens with one attached hydrogen (secondary N) is 1. The molecule has 0 aliphatic rings. The maximum absolute atomic E-state index is 13.2. The lowest BCUT2D eigenvalue weighted by atomic mass is 10.1. The molecule has 6 heteroatoms. The van der Waals surface area contributed by atoms with Crippen LogP contribution < -0.4 is 11.1 Å². The lowest BCUT2D eigenvalue weighted by Crippen LogP contribution is -2.13. The number of nitrogens with zero attached hydrogens (tertiary/aromatic N) is 1. The summed E-state index contributed by atoms with van der Waals surface area (Å²) in [5.41, 5.74) is 6.71. The number of hydrogen-bond donors (Lipinski definition) is 2. The molecule has 0 saturated carbocycles. The predicted molar refractivity (Wildman–Crippen MR) is 77.6 cm³/mol. The third-order valence-electron chi connectivity index (χ3n) is 2.54. The molecule has 0 unspecified atom stereocenters. The normalized spacial score (nSPS) is 9.85. The minimum absolute atomic E-state index is 0.151. The molecule has 0 radical (unpaired) electrons. The number of nitrogens with two attached hydrogens (primary N) is 1. The number of hydrogen-bond acceptors (Lipinski definition) is 3. The summed E-state index contributed by atoms with van der Waals surface area (Å²) in [6, 6.07) is 10.3. The third-order valence-corrected chi connectivity index (χ3v) is 2.99. The van der Waals surface area contributed by atoms with Crippen LogP contribution in [0.1, 0.15) is 15.9 Å². The molecule has 3 N–H and O–H groups in total. The molecule has 0 aliphatic carbocycles. The average molecular weight is 334 g/mol. The van der Waals surface area contributed by atoms with Crippen molar-refractivity contribution in [2.24, 2.45) is 0 Å². The molecule has 0 heterocycles. The number of benzene rings is 2. The van der Waals surface area contributed by atoms with E-state index in [9.17, 15) is 9.18 Å². The van der Waals surface area contributed by atoms with Gasteiger partial charge in [0, 0.05) is 15.7 Å². The molecule has 4 nitrogen and oxygen atoms in total. The fourth-order valence-electron chi connectivity index (χ4n) is 1.64. The number of carbonyl (C=O) groups is 1. The van der Waals surface area contributed by atoms with Crippen LogP contribution in [0.5, 0.6) is 0 Å². The Balaban J connectivity index is 2.30. The zero-order valence-corrected chi connectivity index (χ0v) is 11.7. The first kappa shape index (κ1) is 14.0. The van der Waals surface area contributed by atoms with E-state index < -0.39 is 11.7 Å². The minimum atomic E-state index is -0.526. The Hall–Kier alpha value is -2.39. The Morgan fingerprint density at radius 3 is 2.70 bits per heavy atom. The molecule has 0 aliphatic heterocycles. The Bertz CT molecular complexity index is 705. The second-order valence-electron chi connectivity index (χ2n) is 4.03. The van der Waals surface area contributed by atoms with Gasteiger partial charge in [-0.05, 0) is 36.4 Å². The van der Waals surface area contributed by atoms with Crippen LogP contribution in [0.15, 0.2) is 40.9 Å². The number of nitrogen functional groups attached to an aromatic ring is 1. The van der Waals surface area contributed by atoms with Gasteiger partial charge in [-0.25, -0.2) is 4.39 Å². The van der Waals surface area contributed by atoms with Crippen LogP contribution in [-0.4, -0.2) is 5.91 Å². The smallest absolute Gasteiger partial charge is 0.255 e. The zero-order valence-electron chi connectivity index (χ0n) is 10.2. The predicted octanol–water partition coefficient (Wildman–Crippen LogP) is 3.29. The third kappa shape index (κ3) is 3.13. The summed E-state index contributed by atoms with van der Waals surface area (Å²) < 4.78 is 13.7. The van der Waals surface area contributed by atoms with E-state index in [0.717, 1.165) is 6.07 Å². The van der Waals surface area contributed by atoms with E-state index in [0.29, 0.717) is 15.8 Å². The SMILES string of the molecule is N#Cc1cc(N)ccc1NC(=O)c1cc(F)cc(Br)c1. The van der Waals surface area contributed by atoms with Crippen molar-refractivity contribution in [3.05, 3.63) is 57.8 Å². The first-order valence-corrected chi connectivity index (χ1v) is 6.36. The summed E-state index contributed by atoms with van der Waals surface area (Å²) >= 11 is 3.12. The molecule has 2 aromatic rings. The Morgan fingerprint density at radius 2 is 2.05 bits per heavy atom. The molecule has 0 atom stereocenters. The van der Waals surface area contributed by atoms with Crippen molar-refractivity contribution in [2.75, 3.05) is 11.1 Å². The molecule has 1 amide bonds. The number of nitriles is 1. The van der Waals surface area contributed by atoms with E-state index in [2.05, 4.69) is 21.2 Å². The van der Waals surface area contributed by atoms with E-state index in [-0.39, 0.29) is 11.1 Å². The van der Waals surface area contributed by atoms with Crippen molar-refractivity contribution in [3.8, 4) is 6.07 Å². The van der Waals surface area contributed by atoms with E-state index in [1.165, 1.54) is 24.3 Å². The Morgan fingerprint density at radius 1 is 1.30 bits per heavy atom. The highest BCUT2D eigenvalue weighted by Gasteiger charge is 2.11. The Labute approximate surface area is 123 Å². The zero-order chi connectivity index (χ0) is 14.7. The van der Waals surface area contributed by atoms with Gasteiger partial charge in [0.2, 0.25) is 0 Å². The first-order valence-electron chi connectivity index (χ1n) is 5.56. The molecule has 0 saturated heterocycles. The van der Waals surface area contributed by atoms with Gasteiger partial charge < -0.3 is 11.1 Å². The maximum atomic E-state index is 13.2. The fraction of sp³-hybridized carbons (Fsp3) is 0. The van der Waals surface area contributed by atoms with Gasteiger partial charge in [0.05, 0.1) is 11.3 Å². The number of amides is 1. The molecular weight excluding hydrogens is 325 g/mol. The van der Waals surface area contributed by atoms with Crippen molar-refractivity contribution in [1.82, 2.24) is 0 Å². The van der Waals surface area contributed by atoms with Gasteiger partial charge >= 0.3 is 0 Å². The van der Waals surface area contributed by atoms with E-state index in [1.807, 2.05) is 6.07 Å². The van der Waals surface area contributed by atoms with Crippen molar-refractivity contribution >= 4 is 33.2 Å².